The van der Waals surface area contributed by atoms with Crippen molar-refractivity contribution in [2.45, 2.75) is 25.3 Å². The first-order valence-corrected chi connectivity index (χ1v) is 5.63. The molecule has 0 bridgehead atoms. The molecule has 0 spiro atoms. The third-order valence-corrected chi connectivity index (χ3v) is 3.35. The zero-order valence-electron chi connectivity index (χ0n) is 7.62. The van der Waals surface area contributed by atoms with Crippen LogP contribution in [0.25, 0.3) is 0 Å². The Bertz CT molecular complexity index is 266. The molecule has 13 heavy (non-hydrogen) atoms. The Kier molecular flexibility index (Phi) is 2.93. The predicted molar refractivity (Wildman–Crippen MR) is 54.9 cm³/mol. The van der Waals surface area contributed by atoms with Gasteiger partial charge in [-0.05, 0) is 19.4 Å². The molecule has 1 aliphatic heterocycles. The summed E-state index contributed by atoms with van der Waals surface area (Å²) in [6.45, 7) is 2.81. The van der Waals surface area contributed by atoms with Gasteiger partial charge in [0.1, 0.15) is 5.01 Å². The van der Waals surface area contributed by atoms with E-state index >= 15 is 0 Å². The van der Waals surface area contributed by atoms with E-state index in [1.807, 2.05) is 0 Å². The lowest BCUT2D eigenvalue weighted by molar-refractivity contribution is 0.455. The number of thiazole rings is 1. The average Bonchev–Trinajstić information content (AvgIpc) is 2.67. The van der Waals surface area contributed by atoms with Crippen molar-refractivity contribution < 1.29 is 0 Å². The summed E-state index contributed by atoms with van der Waals surface area (Å²) < 4.78 is 0. The maximum Gasteiger partial charge on any atom is 0.106 e. The van der Waals surface area contributed by atoms with Gasteiger partial charge in [0.2, 0.25) is 0 Å². The molecule has 4 heteroatoms. The number of hydrogen-bond acceptors (Lipinski definition) is 4. The molecule has 1 atom stereocenters. The van der Waals surface area contributed by atoms with E-state index in [9.17, 15) is 0 Å². The molecule has 3 nitrogen and oxygen atoms in total. The predicted octanol–water partition coefficient (Wildman–Crippen LogP) is 1.07. The number of rotatable bonds is 2. The number of nitrogens with one attached hydrogen (secondary N) is 1. The van der Waals surface area contributed by atoms with Crippen molar-refractivity contribution in [1.29, 1.82) is 0 Å². The van der Waals surface area contributed by atoms with Gasteiger partial charge in [-0.15, -0.1) is 11.3 Å². The molecule has 1 aromatic rings. The second-order valence-electron chi connectivity index (χ2n) is 3.41. The first-order chi connectivity index (χ1) is 6.40. The Morgan fingerprint density at radius 3 is 3.23 bits per heavy atom. The second-order valence-corrected chi connectivity index (χ2v) is 4.36. The summed E-state index contributed by atoms with van der Waals surface area (Å²) in [4.78, 5) is 4.51. The lowest BCUT2D eigenvalue weighted by atomic mass is 9.97. The van der Waals surface area contributed by atoms with Gasteiger partial charge in [0.25, 0.3) is 0 Å². The number of piperidine rings is 1. The Morgan fingerprint density at radius 2 is 2.62 bits per heavy atom. The van der Waals surface area contributed by atoms with E-state index in [-0.39, 0.29) is 0 Å². The Labute approximate surface area is 82.4 Å². The topological polar surface area (TPSA) is 50.9 Å². The summed E-state index contributed by atoms with van der Waals surface area (Å²) in [6.07, 6.45) is 2.53. The third kappa shape index (κ3) is 2.07. The van der Waals surface area contributed by atoms with Crippen molar-refractivity contribution in [3.8, 4) is 0 Å². The first kappa shape index (κ1) is 9.12. The summed E-state index contributed by atoms with van der Waals surface area (Å²) in [5.74, 6) is 0.616. The lowest BCUT2D eigenvalue weighted by Crippen LogP contribution is -2.28. The molecule has 1 aliphatic rings. The highest BCUT2D eigenvalue weighted by molar-refractivity contribution is 7.09. The molecule has 0 radical (unpaired) electrons. The molecular weight excluding hydrogens is 182 g/mol. The molecule has 1 saturated heterocycles. The molecular formula is C9H15N3S. The zero-order valence-corrected chi connectivity index (χ0v) is 8.44. The fraction of sp³-hybridized carbons (Fsp3) is 0.667. The summed E-state index contributed by atoms with van der Waals surface area (Å²) in [7, 11) is 0. The molecule has 2 rings (SSSR count). The van der Waals surface area contributed by atoms with Crippen LogP contribution in [0.5, 0.6) is 0 Å². The van der Waals surface area contributed by atoms with Gasteiger partial charge >= 0.3 is 0 Å². The molecule has 72 valence electrons. The fourth-order valence-electron chi connectivity index (χ4n) is 1.71. The molecule has 0 aliphatic carbocycles. The SMILES string of the molecule is NCc1nc(C2CCCNC2)cs1. The van der Waals surface area contributed by atoms with Gasteiger partial charge in [-0.1, -0.05) is 0 Å². The number of nitrogens with two attached hydrogens (primary N) is 1. The summed E-state index contributed by atoms with van der Waals surface area (Å²) >= 11 is 1.68. The van der Waals surface area contributed by atoms with Gasteiger partial charge in [-0.3, -0.25) is 0 Å². The molecule has 3 N–H and O–H groups in total. The fourth-order valence-corrected chi connectivity index (χ4v) is 2.47. The highest BCUT2D eigenvalue weighted by Gasteiger charge is 2.17. The highest BCUT2D eigenvalue weighted by Crippen LogP contribution is 2.24. The van der Waals surface area contributed by atoms with Gasteiger partial charge < -0.3 is 11.1 Å². The summed E-state index contributed by atoms with van der Waals surface area (Å²) in [5.41, 5.74) is 6.76. The van der Waals surface area contributed by atoms with E-state index < -0.39 is 0 Å². The van der Waals surface area contributed by atoms with E-state index in [1.165, 1.54) is 18.5 Å². The van der Waals surface area contributed by atoms with E-state index in [4.69, 9.17) is 5.73 Å². The van der Waals surface area contributed by atoms with Crippen LogP contribution in [0.1, 0.15) is 29.5 Å². The van der Waals surface area contributed by atoms with Gasteiger partial charge in [0, 0.05) is 24.4 Å². The highest BCUT2D eigenvalue weighted by atomic mass is 32.1. The van der Waals surface area contributed by atoms with Crippen LogP contribution in [-0.2, 0) is 6.54 Å². The normalized spacial score (nSPS) is 23.3. The van der Waals surface area contributed by atoms with E-state index in [2.05, 4.69) is 15.7 Å². The number of aromatic nitrogens is 1. The standard InChI is InChI=1S/C9H15N3S/c10-4-9-12-8(6-13-9)7-2-1-3-11-5-7/h6-7,11H,1-5,10H2. The third-order valence-electron chi connectivity index (χ3n) is 2.46. The van der Waals surface area contributed by atoms with Crippen molar-refractivity contribution >= 4 is 11.3 Å². The Morgan fingerprint density at radius 1 is 1.69 bits per heavy atom. The van der Waals surface area contributed by atoms with Crippen molar-refractivity contribution in [2.75, 3.05) is 13.1 Å². The minimum atomic E-state index is 0.574. The van der Waals surface area contributed by atoms with E-state index in [0.29, 0.717) is 12.5 Å². The molecule has 0 aromatic carbocycles. The first-order valence-electron chi connectivity index (χ1n) is 4.75. The van der Waals surface area contributed by atoms with Crippen LogP contribution < -0.4 is 11.1 Å². The number of hydrogen-bond donors (Lipinski definition) is 2. The Hall–Kier alpha value is -0.450. The molecule has 0 saturated carbocycles. The average molecular weight is 197 g/mol. The van der Waals surface area contributed by atoms with E-state index in [0.717, 1.165) is 18.1 Å². The lowest BCUT2D eigenvalue weighted by Gasteiger charge is -2.20. The van der Waals surface area contributed by atoms with Crippen LogP contribution in [-0.4, -0.2) is 18.1 Å². The van der Waals surface area contributed by atoms with Crippen LogP contribution in [0.2, 0.25) is 0 Å². The van der Waals surface area contributed by atoms with Gasteiger partial charge in [-0.25, -0.2) is 4.98 Å². The molecule has 1 fully saturated rings. The van der Waals surface area contributed by atoms with Crippen LogP contribution in [0, 0.1) is 0 Å². The van der Waals surface area contributed by atoms with Crippen LogP contribution in [0.4, 0.5) is 0 Å². The van der Waals surface area contributed by atoms with Crippen LogP contribution in [0.3, 0.4) is 0 Å². The minimum Gasteiger partial charge on any atom is -0.325 e. The van der Waals surface area contributed by atoms with Crippen molar-refractivity contribution in [3.63, 3.8) is 0 Å². The van der Waals surface area contributed by atoms with Gasteiger partial charge in [0.05, 0.1) is 5.69 Å². The van der Waals surface area contributed by atoms with Crippen LogP contribution >= 0.6 is 11.3 Å². The van der Waals surface area contributed by atoms with Crippen molar-refractivity contribution in [1.82, 2.24) is 10.3 Å². The van der Waals surface area contributed by atoms with Crippen molar-refractivity contribution in [3.05, 3.63) is 16.1 Å². The molecule has 1 aromatic heterocycles. The summed E-state index contributed by atoms with van der Waals surface area (Å²) in [5, 5.41) is 6.60. The quantitative estimate of drug-likeness (QED) is 0.745. The largest absolute Gasteiger partial charge is 0.325 e. The zero-order chi connectivity index (χ0) is 9.10. The van der Waals surface area contributed by atoms with Gasteiger partial charge in [0.15, 0.2) is 0 Å². The second kappa shape index (κ2) is 4.17. The molecule has 1 unspecified atom stereocenters. The number of nitrogens with zero attached hydrogens (tertiary/aromatic N) is 1. The van der Waals surface area contributed by atoms with Gasteiger partial charge in [-0.2, -0.15) is 0 Å². The smallest absolute Gasteiger partial charge is 0.106 e. The monoisotopic (exact) mass is 197 g/mol. The Balaban J connectivity index is 2.05. The summed E-state index contributed by atoms with van der Waals surface area (Å²) in [6, 6.07) is 0. The van der Waals surface area contributed by atoms with Crippen molar-refractivity contribution in [2.24, 2.45) is 5.73 Å². The maximum absolute atomic E-state index is 5.52. The maximum atomic E-state index is 5.52. The minimum absolute atomic E-state index is 0.574. The molecule has 2 heterocycles. The van der Waals surface area contributed by atoms with Crippen LogP contribution in [0.15, 0.2) is 5.38 Å². The van der Waals surface area contributed by atoms with E-state index in [1.54, 1.807) is 11.3 Å². The molecule has 0 amide bonds.